The first-order valence-corrected chi connectivity index (χ1v) is 17.1. The number of rotatable bonds is 6. The van der Waals surface area contributed by atoms with Crippen LogP contribution in [0.25, 0.3) is 22.2 Å². The molecule has 5 heterocycles. The van der Waals surface area contributed by atoms with Gasteiger partial charge in [-0.3, -0.25) is 19.3 Å². The van der Waals surface area contributed by atoms with Gasteiger partial charge in [0.2, 0.25) is 17.7 Å². The van der Waals surface area contributed by atoms with Crippen molar-refractivity contribution >= 4 is 29.1 Å². The lowest BCUT2D eigenvalue weighted by atomic mass is 10.0. The van der Waals surface area contributed by atoms with Crippen LogP contribution in [0.3, 0.4) is 0 Å². The summed E-state index contributed by atoms with van der Waals surface area (Å²) in [7, 11) is 0. The van der Waals surface area contributed by atoms with Crippen molar-refractivity contribution in [2.45, 2.75) is 65.8 Å². The van der Waals surface area contributed by atoms with E-state index in [1.54, 1.807) is 24.3 Å². The minimum Gasteiger partial charge on any atom is -0.440 e. The van der Waals surface area contributed by atoms with E-state index in [0.717, 1.165) is 16.1 Å². The lowest BCUT2D eigenvalue weighted by molar-refractivity contribution is -0.124. The largest absolute Gasteiger partial charge is 0.440 e. The molecule has 256 valence electrons. The van der Waals surface area contributed by atoms with E-state index in [1.807, 2.05) is 73.5 Å². The van der Waals surface area contributed by atoms with Crippen LogP contribution in [0.2, 0.25) is 0 Å². The van der Waals surface area contributed by atoms with E-state index in [1.165, 1.54) is 4.68 Å². The average molecular weight is 686 g/mol. The van der Waals surface area contributed by atoms with E-state index < -0.39 is 23.9 Å². The summed E-state index contributed by atoms with van der Waals surface area (Å²) >= 11 is 1.54. The van der Waals surface area contributed by atoms with Gasteiger partial charge < -0.3 is 24.9 Å². The van der Waals surface area contributed by atoms with Gasteiger partial charge >= 0.3 is 0 Å². The molecule has 15 heteroatoms. The second-order valence-electron chi connectivity index (χ2n) is 12.4. The molecule has 0 aliphatic carbocycles. The maximum absolute atomic E-state index is 13.6. The molecule has 1 aromatic carbocycles. The molecule has 0 saturated carbocycles. The smallest absolute Gasteiger partial charge is 0.274 e. The Kier molecular flexibility index (Phi) is 10.3. The Bertz CT molecular complexity index is 1900. The van der Waals surface area contributed by atoms with Crippen molar-refractivity contribution in [3.8, 4) is 22.2 Å². The molecule has 0 fully saturated rings. The first kappa shape index (κ1) is 33.7. The fraction of sp³-hybridized carbons (Fsp3) is 0.382. The van der Waals surface area contributed by atoms with E-state index in [4.69, 9.17) is 18.9 Å². The average Bonchev–Trinajstić information content (AvgIpc) is 3.89. The summed E-state index contributed by atoms with van der Waals surface area (Å²) in [6, 6.07) is 13.4. The quantitative estimate of drug-likeness (QED) is 0.236. The van der Waals surface area contributed by atoms with Crippen LogP contribution in [0.1, 0.15) is 66.8 Å². The molecular weight excluding hydrogens is 646 g/mol. The molecule has 49 heavy (non-hydrogen) atoms. The van der Waals surface area contributed by atoms with Gasteiger partial charge in [0.25, 0.3) is 5.91 Å². The molecule has 4 aromatic heterocycles. The van der Waals surface area contributed by atoms with Crippen LogP contribution in [0.4, 0.5) is 0 Å². The molecular formula is C34H39N9O5S. The Morgan fingerprint density at radius 3 is 2.61 bits per heavy atom. The molecule has 2 atom stereocenters. The number of oxazole rings is 1. The number of thiophene rings is 1. The van der Waals surface area contributed by atoms with Crippen LogP contribution in [0.5, 0.6) is 0 Å². The lowest BCUT2D eigenvalue weighted by Gasteiger charge is -2.22. The van der Waals surface area contributed by atoms with Crippen LogP contribution < -0.4 is 16.0 Å². The molecule has 1 aliphatic heterocycles. The van der Waals surface area contributed by atoms with Gasteiger partial charge in [-0.1, -0.05) is 55.4 Å². The van der Waals surface area contributed by atoms with Gasteiger partial charge in [-0.05, 0) is 37.6 Å². The number of nitrogens with zero attached hydrogens (tertiary/aromatic N) is 6. The van der Waals surface area contributed by atoms with Gasteiger partial charge in [0.15, 0.2) is 17.3 Å². The molecule has 2 bridgehead atoms. The van der Waals surface area contributed by atoms with Crippen molar-refractivity contribution in [3.05, 3.63) is 82.6 Å². The highest BCUT2D eigenvalue weighted by atomic mass is 32.1. The Morgan fingerprint density at radius 2 is 1.86 bits per heavy atom. The van der Waals surface area contributed by atoms with E-state index in [2.05, 4.69) is 26.2 Å². The van der Waals surface area contributed by atoms with Gasteiger partial charge in [0.05, 0.1) is 23.2 Å². The standard InChI is InChI=1S/C34H39N9O5S/c1-20(2)15-25-32(45)36-21(3)31-39-30(23-9-6-5-7-10-23)40-43(31)19-29(44)35-12-13-42(17-24-16-26(41-48-24)33(46)37-25)18-27-22(4)47-34(38-27)28-11-8-14-49-28/h5-11,14,16,20-21,25H,12-13,15,17-19H2,1-4H3,(H,35,44)(H,36,45)(H,37,46)/t21-,25+/m0/s1. The minimum absolute atomic E-state index is 0.0591. The molecule has 6 rings (SSSR count). The SMILES string of the molecule is Cc1oc(-c2cccs2)nc1CN1CCNC(=O)Cn2nc(-c3ccccc3)nc2[C@H](C)NC(=O)[C@@H](CC(C)C)NC(=O)c2cc(on2)C1. The highest BCUT2D eigenvalue weighted by Crippen LogP contribution is 2.27. The first-order valence-electron chi connectivity index (χ1n) is 16.2. The Morgan fingerprint density at radius 1 is 1.04 bits per heavy atom. The predicted octanol–water partition coefficient (Wildman–Crippen LogP) is 4.11. The summed E-state index contributed by atoms with van der Waals surface area (Å²) in [5.41, 5.74) is 1.58. The molecule has 14 nitrogen and oxygen atoms in total. The van der Waals surface area contributed by atoms with Crippen LogP contribution in [0.15, 0.2) is 62.9 Å². The van der Waals surface area contributed by atoms with E-state index in [0.29, 0.717) is 55.1 Å². The van der Waals surface area contributed by atoms with Crippen LogP contribution in [-0.2, 0) is 29.2 Å². The Hall–Kier alpha value is -5.15. The zero-order valence-electron chi connectivity index (χ0n) is 27.8. The summed E-state index contributed by atoms with van der Waals surface area (Å²) in [6.07, 6.45) is 0.387. The molecule has 1 aliphatic rings. The molecule has 0 radical (unpaired) electrons. The minimum atomic E-state index is -0.855. The summed E-state index contributed by atoms with van der Waals surface area (Å²) in [5.74, 6) is 1.42. The van der Waals surface area contributed by atoms with Gasteiger partial charge in [-0.15, -0.1) is 11.3 Å². The number of aromatic nitrogens is 5. The number of amides is 3. The number of nitrogens with one attached hydrogen (secondary N) is 3. The van der Waals surface area contributed by atoms with E-state index in [9.17, 15) is 14.4 Å². The van der Waals surface area contributed by atoms with Crippen LogP contribution in [-0.4, -0.2) is 66.7 Å². The summed E-state index contributed by atoms with van der Waals surface area (Å²) in [5, 5.41) is 19.4. The van der Waals surface area contributed by atoms with E-state index in [-0.39, 0.29) is 30.6 Å². The van der Waals surface area contributed by atoms with Crippen molar-refractivity contribution in [2.24, 2.45) is 5.92 Å². The third-order valence-corrected chi connectivity index (χ3v) is 8.88. The maximum Gasteiger partial charge on any atom is 0.274 e. The number of hydrogen-bond donors (Lipinski definition) is 3. The normalized spacial score (nSPS) is 18.3. The van der Waals surface area contributed by atoms with Crippen molar-refractivity contribution in [1.29, 1.82) is 0 Å². The third-order valence-electron chi connectivity index (χ3n) is 8.02. The van der Waals surface area contributed by atoms with Gasteiger partial charge in [-0.25, -0.2) is 14.6 Å². The summed E-state index contributed by atoms with van der Waals surface area (Å²) in [4.78, 5) is 52.7. The van der Waals surface area contributed by atoms with Crippen molar-refractivity contribution in [1.82, 2.24) is 45.8 Å². The second kappa shape index (κ2) is 15.0. The molecule has 0 saturated heterocycles. The monoisotopic (exact) mass is 685 g/mol. The highest BCUT2D eigenvalue weighted by Gasteiger charge is 2.28. The number of carbonyl (C=O) groups excluding carboxylic acids is 3. The predicted molar refractivity (Wildman–Crippen MR) is 181 cm³/mol. The van der Waals surface area contributed by atoms with Crippen molar-refractivity contribution < 1.29 is 23.3 Å². The number of hydrogen-bond acceptors (Lipinski definition) is 11. The summed E-state index contributed by atoms with van der Waals surface area (Å²) in [6.45, 7) is 8.86. The topological polar surface area (TPSA) is 173 Å². The fourth-order valence-electron chi connectivity index (χ4n) is 5.58. The number of aryl methyl sites for hydroxylation is 1. The van der Waals surface area contributed by atoms with Crippen LogP contribution >= 0.6 is 11.3 Å². The van der Waals surface area contributed by atoms with Crippen molar-refractivity contribution in [2.75, 3.05) is 13.1 Å². The Balaban J connectivity index is 1.30. The number of carbonyl (C=O) groups is 3. The third kappa shape index (κ3) is 8.29. The first-order chi connectivity index (χ1) is 23.6. The van der Waals surface area contributed by atoms with Gasteiger partial charge in [0, 0.05) is 31.3 Å². The molecule has 3 N–H and O–H groups in total. The fourth-order valence-corrected chi connectivity index (χ4v) is 6.23. The zero-order chi connectivity index (χ0) is 34.5. The second-order valence-corrected chi connectivity index (χ2v) is 13.4. The summed E-state index contributed by atoms with van der Waals surface area (Å²) < 4.78 is 13.0. The maximum atomic E-state index is 13.6. The van der Waals surface area contributed by atoms with Gasteiger partial charge in [0.1, 0.15) is 24.2 Å². The van der Waals surface area contributed by atoms with Crippen LogP contribution in [0, 0.1) is 12.8 Å². The lowest BCUT2D eigenvalue weighted by Crippen LogP contribution is -2.48. The number of benzene rings is 1. The van der Waals surface area contributed by atoms with Crippen molar-refractivity contribution in [3.63, 3.8) is 0 Å². The molecule has 5 aromatic rings. The Labute approximate surface area is 287 Å². The van der Waals surface area contributed by atoms with E-state index >= 15 is 0 Å². The number of fused-ring (bicyclic) bond motifs is 3. The highest BCUT2D eigenvalue weighted by molar-refractivity contribution is 7.13. The molecule has 0 unspecified atom stereocenters. The zero-order valence-corrected chi connectivity index (χ0v) is 28.6. The van der Waals surface area contributed by atoms with Gasteiger partial charge in [-0.2, -0.15) is 5.10 Å². The molecule has 0 spiro atoms. The molecule has 3 amide bonds.